The fraction of sp³-hybridized carbons (Fsp3) is 0.0323. The molecular weight excluding hydrogens is 531 g/mol. The predicted molar refractivity (Wildman–Crippen MR) is 154 cm³/mol. The summed E-state index contributed by atoms with van der Waals surface area (Å²) in [6.45, 7) is 0.136. The first-order valence-corrected chi connectivity index (χ1v) is 12.7. The normalized spacial score (nSPS) is 10.9. The number of carbonyl (C=O) groups is 1. The molecule has 0 bridgehead atoms. The van der Waals surface area contributed by atoms with E-state index in [0.29, 0.717) is 33.7 Å². The Bertz CT molecular complexity index is 1720. The van der Waals surface area contributed by atoms with E-state index in [1.165, 1.54) is 6.21 Å². The molecule has 0 saturated heterocycles. The van der Waals surface area contributed by atoms with E-state index in [9.17, 15) is 10.1 Å². The number of nitrogens with zero attached hydrogens (tertiary/aromatic N) is 3. The Hall–Kier alpha value is -4.70. The third-order valence-corrected chi connectivity index (χ3v) is 6.50. The number of pyridine rings is 1. The van der Waals surface area contributed by atoms with Gasteiger partial charge in [0.1, 0.15) is 6.61 Å². The van der Waals surface area contributed by atoms with E-state index in [1.54, 1.807) is 36.4 Å². The lowest BCUT2D eigenvalue weighted by molar-refractivity contribution is 0.0956. The zero-order valence-corrected chi connectivity index (χ0v) is 21.9. The molecule has 1 aromatic heterocycles. The fourth-order valence-electron chi connectivity index (χ4n) is 4.04. The molecule has 1 heterocycles. The second-order valence-electron chi connectivity index (χ2n) is 8.51. The third kappa shape index (κ3) is 5.91. The summed E-state index contributed by atoms with van der Waals surface area (Å²) in [4.78, 5) is 17.9. The molecule has 6 nitrogen and oxygen atoms in total. The highest BCUT2D eigenvalue weighted by molar-refractivity contribution is 6.37. The number of benzene rings is 4. The molecule has 5 rings (SSSR count). The van der Waals surface area contributed by atoms with Crippen LogP contribution < -0.4 is 10.2 Å². The Morgan fingerprint density at radius 1 is 0.949 bits per heavy atom. The maximum Gasteiger partial charge on any atom is 0.272 e. The second-order valence-corrected chi connectivity index (χ2v) is 9.32. The van der Waals surface area contributed by atoms with E-state index in [1.807, 2.05) is 60.7 Å². The van der Waals surface area contributed by atoms with Crippen molar-refractivity contribution >= 4 is 46.2 Å². The van der Waals surface area contributed by atoms with Crippen molar-refractivity contribution in [2.75, 3.05) is 0 Å². The van der Waals surface area contributed by atoms with Crippen molar-refractivity contribution in [1.82, 2.24) is 10.4 Å². The molecule has 0 radical (unpaired) electrons. The second kappa shape index (κ2) is 11.8. The van der Waals surface area contributed by atoms with Gasteiger partial charge in [0.15, 0.2) is 5.75 Å². The molecule has 0 fully saturated rings. The van der Waals surface area contributed by atoms with Crippen LogP contribution in [0.25, 0.3) is 22.2 Å². The van der Waals surface area contributed by atoms with Gasteiger partial charge in [0.2, 0.25) is 0 Å². The van der Waals surface area contributed by atoms with Crippen molar-refractivity contribution < 1.29 is 9.53 Å². The van der Waals surface area contributed by atoms with Crippen molar-refractivity contribution in [2.24, 2.45) is 5.10 Å². The lowest BCUT2D eigenvalue weighted by atomic mass is 10.0. The quantitative estimate of drug-likeness (QED) is 0.168. The number of hydrogen-bond donors (Lipinski definition) is 1. The van der Waals surface area contributed by atoms with Gasteiger partial charge in [-0.1, -0.05) is 89.9 Å². The lowest BCUT2D eigenvalue weighted by Crippen LogP contribution is -2.18. The molecule has 190 valence electrons. The fourth-order valence-corrected chi connectivity index (χ4v) is 4.66. The number of hydrazone groups is 1. The number of hydrogen-bond acceptors (Lipinski definition) is 5. The smallest absolute Gasteiger partial charge is 0.272 e. The Kier molecular flexibility index (Phi) is 7.83. The summed E-state index contributed by atoms with van der Waals surface area (Å²) in [6, 6.07) is 31.4. The van der Waals surface area contributed by atoms with E-state index < -0.39 is 0 Å². The summed E-state index contributed by atoms with van der Waals surface area (Å²) < 4.78 is 5.81. The van der Waals surface area contributed by atoms with Crippen molar-refractivity contribution in [3.8, 4) is 23.1 Å². The minimum absolute atomic E-state index is 0.136. The minimum Gasteiger partial charge on any atom is -0.486 e. The van der Waals surface area contributed by atoms with Gasteiger partial charge in [0.25, 0.3) is 5.91 Å². The molecule has 1 amide bonds. The molecule has 5 aromatic rings. The lowest BCUT2D eigenvalue weighted by Gasteiger charge is -2.11. The standard InChI is InChI=1S/C31H20Cl2N4O2/c32-26-14-20(15-27(33)30(26)39-19-23-11-5-4-10-22(23)17-34)18-35-37-31(38)25-16-29(21-8-2-1-3-9-21)36-28-13-7-6-12-24(25)28/h1-16,18H,19H2,(H,37,38)/b35-18+. The minimum atomic E-state index is -0.379. The third-order valence-electron chi connectivity index (χ3n) is 5.94. The molecule has 8 heteroatoms. The van der Waals surface area contributed by atoms with E-state index in [0.717, 1.165) is 16.5 Å². The first kappa shape index (κ1) is 25.9. The van der Waals surface area contributed by atoms with Gasteiger partial charge < -0.3 is 4.74 Å². The number of amides is 1. The molecule has 1 N–H and O–H groups in total. The van der Waals surface area contributed by atoms with E-state index in [-0.39, 0.29) is 22.6 Å². The zero-order chi connectivity index (χ0) is 27.2. The number of nitriles is 1. The number of rotatable bonds is 7. The van der Waals surface area contributed by atoms with Crippen molar-refractivity contribution in [2.45, 2.75) is 6.61 Å². The summed E-state index contributed by atoms with van der Waals surface area (Å²) in [5, 5.41) is 14.7. The monoisotopic (exact) mass is 550 g/mol. The van der Waals surface area contributed by atoms with Crippen LogP contribution in [0.4, 0.5) is 0 Å². The number of halogens is 2. The molecule has 0 aliphatic rings. The molecule has 0 saturated carbocycles. The van der Waals surface area contributed by atoms with Gasteiger partial charge in [-0.2, -0.15) is 10.4 Å². The number of para-hydroxylation sites is 1. The maximum atomic E-state index is 13.1. The Morgan fingerprint density at radius 2 is 1.64 bits per heavy atom. The van der Waals surface area contributed by atoms with E-state index >= 15 is 0 Å². The molecule has 0 aliphatic carbocycles. The van der Waals surface area contributed by atoms with E-state index in [4.69, 9.17) is 32.9 Å². The molecule has 0 aliphatic heterocycles. The molecular formula is C31H20Cl2N4O2. The van der Waals surface area contributed by atoms with Crippen LogP contribution in [0.1, 0.15) is 27.0 Å². The van der Waals surface area contributed by atoms with Crippen LogP contribution in [-0.4, -0.2) is 17.1 Å². The SMILES string of the molecule is N#Cc1ccccc1COc1c(Cl)cc(/C=N/NC(=O)c2cc(-c3ccccc3)nc3ccccc23)cc1Cl. The largest absolute Gasteiger partial charge is 0.486 e. The van der Waals surface area contributed by atoms with Gasteiger partial charge in [0, 0.05) is 16.5 Å². The number of fused-ring (bicyclic) bond motifs is 1. The summed E-state index contributed by atoms with van der Waals surface area (Å²) in [7, 11) is 0. The zero-order valence-electron chi connectivity index (χ0n) is 20.4. The van der Waals surface area contributed by atoms with Gasteiger partial charge in [0.05, 0.1) is 44.7 Å². The van der Waals surface area contributed by atoms with Crippen LogP contribution in [-0.2, 0) is 6.61 Å². The predicted octanol–water partition coefficient (Wildman–Crippen LogP) is 7.42. The Morgan fingerprint density at radius 3 is 2.41 bits per heavy atom. The van der Waals surface area contributed by atoms with Crippen LogP contribution >= 0.6 is 23.2 Å². The van der Waals surface area contributed by atoms with Gasteiger partial charge in [-0.3, -0.25) is 4.79 Å². The van der Waals surface area contributed by atoms with Crippen molar-refractivity contribution in [3.63, 3.8) is 0 Å². The maximum absolute atomic E-state index is 13.1. The van der Waals surface area contributed by atoms with Gasteiger partial charge in [-0.15, -0.1) is 0 Å². The van der Waals surface area contributed by atoms with Gasteiger partial charge in [-0.05, 0) is 35.9 Å². The van der Waals surface area contributed by atoms with E-state index in [2.05, 4.69) is 16.6 Å². The number of carbonyl (C=O) groups excluding carboxylic acids is 1. The van der Waals surface area contributed by atoms with Crippen LogP contribution in [0.15, 0.2) is 102 Å². The molecule has 4 aromatic carbocycles. The van der Waals surface area contributed by atoms with Crippen molar-refractivity contribution in [3.05, 3.63) is 129 Å². The summed E-state index contributed by atoms with van der Waals surface area (Å²) in [5.74, 6) is -0.0840. The number of aromatic nitrogens is 1. The Labute approximate surface area is 235 Å². The average Bonchev–Trinajstić information content (AvgIpc) is 2.96. The van der Waals surface area contributed by atoms with Crippen LogP contribution in [0.2, 0.25) is 10.0 Å². The van der Waals surface area contributed by atoms with Crippen molar-refractivity contribution in [1.29, 1.82) is 5.26 Å². The average molecular weight is 551 g/mol. The van der Waals surface area contributed by atoms with Crippen LogP contribution in [0, 0.1) is 11.3 Å². The van der Waals surface area contributed by atoms with Gasteiger partial charge in [-0.25, -0.2) is 10.4 Å². The molecule has 0 atom stereocenters. The Balaban J connectivity index is 1.33. The number of nitrogens with one attached hydrogen (secondary N) is 1. The topological polar surface area (TPSA) is 87.4 Å². The van der Waals surface area contributed by atoms with Crippen LogP contribution in [0.5, 0.6) is 5.75 Å². The number of ether oxygens (including phenoxy) is 1. The first-order valence-electron chi connectivity index (χ1n) is 11.9. The summed E-state index contributed by atoms with van der Waals surface area (Å²) in [6.07, 6.45) is 1.45. The van der Waals surface area contributed by atoms with Gasteiger partial charge >= 0.3 is 0 Å². The highest BCUT2D eigenvalue weighted by Gasteiger charge is 2.14. The highest BCUT2D eigenvalue weighted by Crippen LogP contribution is 2.34. The summed E-state index contributed by atoms with van der Waals surface area (Å²) in [5.41, 5.74) is 7.15. The highest BCUT2D eigenvalue weighted by atomic mass is 35.5. The molecule has 0 unspecified atom stereocenters. The van der Waals surface area contributed by atoms with Crippen LogP contribution in [0.3, 0.4) is 0 Å². The molecule has 0 spiro atoms. The molecule has 39 heavy (non-hydrogen) atoms. The first-order chi connectivity index (χ1) is 19.0. The summed E-state index contributed by atoms with van der Waals surface area (Å²) >= 11 is 12.8.